The van der Waals surface area contributed by atoms with Gasteiger partial charge >= 0.3 is 0 Å². The van der Waals surface area contributed by atoms with Crippen LogP contribution < -0.4 is 0 Å². The summed E-state index contributed by atoms with van der Waals surface area (Å²) in [4.78, 5) is 4.20. The first-order valence-electron chi connectivity index (χ1n) is 3.74. The second-order valence-electron chi connectivity index (χ2n) is 3.13. The molecule has 0 spiro atoms. The van der Waals surface area contributed by atoms with Crippen molar-refractivity contribution in [1.29, 1.82) is 0 Å². The zero-order valence-electron chi connectivity index (χ0n) is 6.09. The summed E-state index contributed by atoms with van der Waals surface area (Å²) in [5, 5.41) is 10.7. The summed E-state index contributed by atoms with van der Waals surface area (Å²) in [5.41, 5.74) is -0.954. The summed E-state index contributed by atoms with van der Waals surface area (Å²) >= 11 is 7.23. The van der Waals surface area contributed by atoms with Gasteiger partial charge < -0.3 is 5.11 Å². The van der Waals surface area contributed by atoms with Crippen molar-refractivity contribution in [2.75, 3.05) is 11.6 Å². The molecule has 1 unspecified atom stereocenters. The molecule has 1 heterocycles. The largest absolute Gasteiger partial charge is 0.367 e. The number of hydrogen-bond donors (Lipinski definition) is 1. The van der Waals surface area contributed by atoms with E-state index in [4.69, 9.17) is 11.6 Å². The third-order valence-electron chi connectivity index (χ3n) is 1.91. The minimum absolute atomic E-state index is 0.218. The van der Waals surface area contributed by atoms with Crippen LogP contribution in [0.2, 0.25) is 0 Å². The van der Waals surface area contributed by atoms with Gasteiger partial charge in [-0.25, -0.2) is 4.99 Å². The summed E-state index contributed by atoms with van der Waals surface area (Å²) in [7, 11) is 0. The first-order chi connectivity index (χ1) is 5.23. The number of rotatable bonds is 2. The average molecular weight is 192 g/mol. The molecule has 11 heavy (non-hydrogen) atoms. The third kappa shape index (κ3) is 1.55. The molecule has 1 aliphatic carbocycles. The van der Waals surface area contributed by atoms with Gasteiger partial charge in [-0.2, -0.15) is 0 Å². The van der Waals surface area contributed by atoms with Gasteiger partial charge in [0.1, 0.15) is 0 Å². The Hall–Kier alpha value is 0.270. The van der Waals surface area contributed by atoms with E-state index in [1.54, 1.807) is 11.8 Å². The van der Waals surface area contributed by atoms with Gasteiger partial charge in [-0.1, -0.05) is 0 Å². The van der Waals surface area contributed by atoms with E-state index in [0.29, 0.717) is 11.7 Å². The lowest BCUT2D eigenvalue weighted by atomic mass is 10.3. The van der Waals surface area contributed by atoms with Crippen molar-refractivity contribution in [3.8, 4) is 0 Å². The average Bonchev–Trinajstić information content (AvgIpc) is 2.77. The maximum Gasteiger partial charge on any atom is 0.179 e. The van der Waals surface area contributed by atoms with E-state index in [2.05, 4.69) is 4.99 Å². The Morgan fingerprint density at radius 3 is 2.91 bits per heavy atom. The van der Waals surface area contributed by atoms with E-state index >= 15 is 0 Å². The molecular weight excluding hydrogens is 182 g/mol. The van der Waals surface area contributed by atoms with E-state index in [-0.39, 0.29) is 5.88 Å². The molecular formula is C7H10ClNOS. The highest BCUT2D eigenvalue weighted by Gasteiger charge is 2.38. The van der Waals surface area contributed by atoms with Crippen molar-refractivity contribution in [2.24, 2.45) is 10.9 Å². The standard InChI is InChI=1S/C7H10ClNOS/c8-3-7(10)4-11-6(9-7)5-1-2-5/h5,10H,1-4H2. The lowest BCUT2D eigenvalue weighted by molar-refractivity contribution is 0.102. The van der Waals surface area contributed by atoms with Crippen LogP contribution in [0.3, 0.4) is 0 Å². The normalized spacial score (nSPS) is 37.5. The van der Waals surface area contributed by atoms with Gasteiger partial charge in [-0.3, -0.25) is 0 Å². The predicted molar refractivity (Wildman–Crippen MR) is 48.3 cm³/mol. The van der Waals surface area contributed by atoms with E-state index in [1.807, 2.05) is 0 Å². The van der Waals surface area contributed by atoms with E-state index < -0.39 is 5.72 Å². The van der Waals surface area contributed by atoms with Gasteiger partial charge in [0.05, 0.1) is 16.7 Å². The van der Waals surface area contributed by atoms with Crippen molar-refractivity contribution in [2.45, 2.75) is 18.6 Å². The van der Waals surface area contributed by atoms with Crippen molar-refractivity contribution in [1.82, 2.24) is 0 Å². The maximum atomic E-state index is 9.61. The zero-order chi connectivity index (χ0) is 7.90. The molecule has 0 aromatic carbocycles. The fraction of sp³-hybridized carbons (Fsp3) is 0.857. The Morgan fingerprint density at radius 2 is 2.45 bits per heavy atom. The zero-order valence-corrected chi connectivity index (χ0v) is 7.66. The molecule has 0 amide bonds. The molecule has 1 saturated carbocycles. The molecule has 1 atom stereocenters. The second-order valence-corrected chi connectivity index (χ2v) is 4.39. The van der Waals surface area contributed by atoms with Gasteiger partial charge in [0.2, 0.25) is 0 Å². The third-order valence-corrected chi connectivity index (χ3v) is 3.67. The van der Waals surface area contributed by atoms with Crippen molar-refractivity contribution >= 4 is 28.4 Å². The molecule has 62 valence electrons. The Balaban J connectivity index is 2.08. The van der Waals surface area contributed by atoms with Gasteiger partial charge in [-0.15, -0.1) is 23.4 Å². The summed E-state index contributed by atoms with van der Waals surface area (Å²) in [6, 6.07) is 0. The molecule has 0 saturated heterocycles. The number of aliphatic hydroxyl groups is 1. The Kier molecular flexibility index (Phi) is 1.90. The van der Waals surface area contributed by atoms with E-state index in [1.165, 1.54) is 12.8 Å². The van der Waals surface area contributed by atoms with Crippen LogP contribution >= 0.6 is 23.4 Å². The number of thioether (sulfide) groups is 1. The first-order valence-corrected chi connectivity index (χ1v) is 5.26. The van der Waals surface area contributed by atoms with Crippen molar-refractivity contribution in [3.63, 3.8) is 0 Å². The molecule has 2 nitrogen and oxygen atoms in total. The minimum atomic E-state index is -0.954. The predicted octanol–water partition coefficient (Wildman–Crippen LogP) is 1.47. The van der Waals surface area contributed by atoms with Crippen LogP contribution in [0, 0.1) is 5.92 Å². The Bertz CT molecular complexity index is 205. The molecule has 2 rings (SSSR count). The van der Waals surface area contributed by atoms with Crippen LogP contribution in [0.25, 0.3) is 0 Å². The smallest absolute Gasteiger partial charge is 0.179 e. The van der Waals surface area contributed by atoms with E-state index in [0.717, 1.165) is 5.04 Å². The highest BCUT2D eigenvalue weighted by atomic mass is 35.5. The second kappa shape index (κ2) is 2.64. The van der Waals surface area contributed by atoms with Gasteiger partial charge in [0.15, 0.2) is 5.72 Å². The fourth-order valence-corrected chi connectivity index (χ4v) is 2.58. The lowest BCUT2D eigenvalue weighted by Gasteiger charge is -2.12. The molecule has 0 bridgehead atoms. The molecule has 0 aromatic heterocycles. The summed E-state index contributed by atoms with van der Waals surface area (Å²) in [6.07, 6.45) is 2.48. The SMILES string of the molecule is OC1(CCl)CSC(C2CC2)=N1. The molecule has 1 fully saturated rings. The van der Waals surface area contributed by atoms with Gasteiger partial charge in [0.25, 0.3) is 0 Å². The summed E-state index contributed by atoms with van der Waals surface area (Å²) in [6.45, 7) is 0. The van der Waals surface area contributed by atoms with Gasteiger partial charge in [0, 0.05) is 5.92 Å². The Labute approximate surface area is 75.0 Å². The molecule has 0 radical (unpaired) electrons. The van der Waals surface area contributed by atoms with E-state index in [9.17, 15) is 5.11 Å². The molecule has 2 aliphatic rings. The topological polar surface area (TPSA) is 32.6 Å². The first kappa shape index (κ1) is 7.90. The fourth-order valence-electron chi connectivity index (χ4n) is 1.07. The number of hydrogen-bond acceptors (Lipinski definition) is 3. The monoisotopic (exact) mass is 191 g/mol. The number of halogens is 1. The van der Waals surface area contributed by atoms with Gasteiger partial charge in [-0.05, 0) is 12.8 Å². The molecule has 0 aromatic rings. The van der Waals surface area contributed by atoms with Crippen LogP contribution in [-0.2, 0) is 0 Å². The molecule has 4 heteroatoms. The lowest BCUT2D eigenvalue weighted by Crippen LogP contribution is -2.28. The minimum Gasteiger partial charge on any atom is -0.367 e. The summed E-state index contributed by atoms with van der Waals surface area (Å²) in [5.74, 6) is 1.51. The highest BCUT2D eigenvalue weighted by molar-refractivity contribution is 8.14. The number of nitrogens with zero attached hydrogens (tertiary/aromatic N) is 1. The van der Waals surface area contributed by atoms with Crippen molar-refractivity contribution < 1.29 is 5.11 Å². The number of aliphatic imine (C=N–C) groups is 1. The Morgan fingerprint density at radius 1 is 1.73 bits per heavy atom. The van der Waals surface area contributed by atoms with Crippen LogP contribution in [0.1, 0.15) is 12.8 Å². The summed E-state index contributed by atoms with van der Waals surface area (Å²) < 4.78 is 0. The van der Waals surface area contributed by atoms with Crippen molar-refractivity contribution in [3.05, 3.63) is 0 Å². The maximum absolute atomic E-state index is 9.61. The van der Waals surface area contributed by atoms with Crippen LogP contribution in [-0.4, -0.2) is 27.5 Å². The van der Waals surface area contributed by atoms with Crippen LogP contribution in [0.4, 0.5) is 0 Å². The van der Waals surface area contributed by atoms with Crippen LogP contribution in [0.15, 0.2) is 4.99 Å². The molecule has 1 N–H and O–H groups in total. The molecule has 1 aliphatic heterocycles. The number of alkyl halides is 1. The van der Waals surface area contributed by atoms with Crippen LogP contribution in [0.5, 0.6) is 0 Å². The quantitative estimate of drug-likeness (QED) is 0.671. The highest BCUT2D eigenvalue weighted by Crippen LogP contribution is 2.40.